The van der Waals surface area contributed by atoms with Crippen LogP contribution in [0, 0.1) is 6.92 Å². The summed E-state index contributed by atoms with van der Waals surface area (Å²) in [5.41, 5.74) is 6.75. The molecule has 0 radical (unpaired) electrons. The standard InChI is InChI=1S/C34H48N6O2/c1-7-9-11-15-28(19-29(25(3)4)18-27(14-8-2)30-21-36-39(6)23-30)34(42)37-31-20-32(26(5)35-22-31)38-33(41)24-40-16-12-10-13-17-40/h11,15,18-23H,7-10,12-14,16-17,24H2,1-6H3,(H,37,42)(H,38,41)/b15-11+,27-18+,28-19+. The zero-order chi connectivity index (χ0) is 30.5. The van der Waals surface area contributed by atoms with Crippen molar-refractivity contribution in [3.63, 3.8) is 0 Å². The van der Waals surface area contributed by atoms with E-state index < -0.39 is 0 Å². The highest BCUT2D eigenvalue weighted by Gasteiger charge is 2.16. The van der Waals surface area contributed by atoms with Crippen LogP contribution < -0.4 is 10.6 Å². The fraction of sp³-hybridized carbons (Fsp3) is 0.471. The summed E-state index contributed by atoms with van der Waals surface area (Å²) < 4.78 is 1.81. The van der Waals surface area contributed by atoms with Gasteiger partial charge in [-0.25, -0.2) is 0 Å². The van der Waals surface area contributed by atoms with Crippen molar-refractivity contribution in [1.29, 1.82) is 0 Å². The van der Waals surface area contributed by atoms with Gasteiger partial charge in [-0.2, -0.15) is 5.10 Å². The van der Waals surface area contributed by atoms with Gasteiger partial charge in [0.25, 0.3) is 5.91 Å². The SMILES string of the molecule is CCC/C=C/C(=C\C(/C=C(\CCC)c1cnn(C)c1)=C(C)C)C(=O)Nc1cnc(C)c(NC(=O)CN2CCCCC2)c1. The van der Waals surface area contributed by atoms with Gasteiger partial charge in [0.05, 0.1) is 36.0 Å². The molecule has 2 aromatic heterocycles. The fourth-order valence-electron chi connectivity index (χ4n) is 4.85. The molecule has 2 amide bonds. The van der Waals surface area contributed by atoms with Gasteiger partial charge in [0, 0.05) is 24.4 Å². The third-order valence-electron chi connectivity index (χ3n) is 7.26. The second-order valence-corrected chi connectivity index (χ2v) is 11.3. The Labute approximate surface area is 251 Å². The molecule has 0 spiro atoms. The van der Waals surface area contributed by atoms with E-state index in [2.05, 4.69) is 59.4 Å². The number of rotatable bonds is 13. The number of nitrogens with one attached hydrogen (secondary N) is 2. The molecule has 1 saturated heterocycles. The van der Waals surface area contributed by atoms with Crippen LogP contribution in [0.1, 0.15) is 83.9 Å². The van der Waals surface area contributed by atoms with Crippen LogP contribution in [0.3, 0.4) is 0 Å². The number of amides is 2. The number of piperidine rings is 1. The lowest BCUT2D eigenvalue weighted by atomic mass is 9.98. The first-order valence-corrected chi connectivity index (χ1v) is 15.3. The molecule has 226 valence electrons. The van der Waals surface area contributed by atoms with E-state index in [1.807, 2.05) is 49.3 Å². The second kappa shape index (κ2) is 16.6. The van der Waals surface area contributed by atoms with Gasteiger partial charge in [0.1, 0.15) is 0 Å². The quantitative estimate of drug-likeness (QED) is 0.199. The van der Waals surface area contributed by atoms with Gasteiger partial charge in [-0.1, -0.05) is 56.9 Å². The first-order valence-electron chi connectivity index (χ1n) is 15.3. The third kappa shape index (κ3) is 10.2. The molecule has 8 heteroatoms. The Balaban J connectivity index is 1.85. The van der Waals surface area contributed by atoms with E-state index in [1.54, 1.807) is 12.3 Å². The predicted octanol–water partition coefficient (Wildman–Crippen LogP) is 6.99. The van der Waals surface area contributed by atoms with E-state index in [4.69, 9.17) is 0 Å². The number of hydrogen-bond acceptors (Lipinski definition) is 5. The number of carbonyl (C=O) groups is 2. The summed E-state index contributed by atoms with van der Waals surface area (Å²) in [7, 11) is 1.92. The molecule has 0 atom stereocenters. The van der Waals surface area contributed by atoms with Crippen molar-refractivity contribution < 1.29 is 9.59 Å². The second-order valence-electron chi connectivity index (χ2n) is 11.3. The number of aromatic nitrogens is 3. The van der Waals surface area contributed by atoms with Gasteiger partial charge >= 0.3 is 0 Å². The summed E-state index contributed by atoms with van der Waals surface area (Å²) in [6.07, 6.45) is 20.8. The number of likely N-dealkylation sites (tertiary alicyclic amines) is 1. The Morgan fingerprint density at radius 3 is 2.43 bits per heavy atom. The molecule has 42 heavy (non-hydrogen) atoms. The summed E-state index contributed by atoms with van der Waals surface area (Å²) >= 11 is 0. The molecule has 0 aliphatic carbocycles. The minimum Gasteiger partial charge on any atom is -0.323 e. The van der Waals surface area contributed by atoms with Crippen LogP contribution in [0.5, 0.6) is 0 Å². The van der Waals surface area contributed by atoms with Crippen LogP contribution in [-0.2, 0) is 16.6 Å². The average molecular weight is 573 g/mol. The van der Waals surface area contributed by atoms with Gasteiger partial charge in [-0.05, 0) is 82.8 Å². The first kappa shape index (κ1) is 32.7. The monoisotopic (exact) mass is 572 g/mol. The van der Waals surface area contributed by atoms with Crippen LogP contribution in [0.25, 0.3) is 5.57 Å². The van der Waals surface area contributed by atoms with Crippen molar-refractivity contribution in [2.45, 2.75) is 79.6 Å². The number of hydrogen-bond donors (Lipinski definition) is 2. The molecular weight excluding hydrogens is 524 g/mol. The van der Waals surface area contributed by atoms with Crippen molar-refractivity contribution in [3.8, 4) is 0 Å². The Kier molecular flexibility index (Phi) is 12.9. The number of aryl methyl sites for hydroxylation is 2. The average Bonchev–Trinajstić information content (AvgIpc) is 3.39. The van der Waals surface area contributed by atoms with Crippen molar-refractivity contribution in [3.05, 3.63) is 76.9 Å². The Morgan fingerprint density at radius 2 is 1.79 bits per heavy atom. The van der Waals surface area contributed by atoms with Crippen molar-refractivity contribution in [2.24, 2.45) is 7.05 Å². The number of carbonyl (C=O) groups excluding carboxylic acids is 2. The lowest BCUT2D eigenvalue weighted by Crippen LogP contribution is -2.37. The van der Waals surface area contributed by atoms with Gasteiger partial charge in [0.2, 0.25) is 5.91 Å². The van der Waals surface area contributed by atoms with Crippen molar-refractivity contribution >= 4 is 28.8 Å². The van der Waals surface area contributed by atoms with Crippen molar-refractivity contribution in [2.75, 3.05) is 30.3 Å². The van der Waals surface area contributed by atoms with E-state index in [-0.39, 0.29) is 11.8 Å². The molecule has 0 unspecified atom stereocenters. The maximum Gasteiger partial charge on any atom is 0.255 e. The van der Waals surface area contributed by atoms with E-state index in [0.717, 1.165) is 68.3 Å². The van der Waals surface area contributed by atoms with E-state index in [0.29, 0.717) is 29.2 Å². The number of allylic oxidation sites excluding steroid dienone is 6. The molecule has 3 rings (SSSR count). The smallest absolute Gasteiger partial charge is 0.255 e. The predicted molar refractivity (Wildman–Crippen MR) is 173 cm³/mol. The molecule has 2 aromatic rings. The lowest BCUT2D eigenvalue weighted by molar-refractivity contribution is -0.117. The van der Waals surface area contributed by atoms with E-state index in [1.165, 1.54) is 12.0 Å². The molecule has 0 bridgehead atoms. The number of unbranched alkanes of at least 4 members (excludes halogenated alkanes) is 1. The van der Waals surface area contributed by atoms with Crippen LogP contribution in [0.4, 0.5) is 11.4 Å². The third-order valence-corrected chi connectivity index (χ3v) is 7.26. The Morgan fingerprint density at radius 1 is 1.02 bits per heavy atom. The molecule has 0 saturated carbocycles. The topological polar surface area (TPSA) is 92.1 Å². The summed E-state index contributed by atoms with van der Waals surface area (Å²) in [4.78, 5) is 33.0. The first-order chi connectivity index (χ1) is 20.2. The summed E-state index contributed by atoms with van der Waals surface area (Å²) in [6, 6.07) is 1.78. The minimum absolute atomic E-state index is 0.0650. The van der Waals surface area contributed by atoms with Crippen molar-refractivity contribution in [1.82, 2.24) is 19.7 Å². The lowest BCUT2D eigenvalue weighted by Gasteiger charge is -2.25. The highest BCUT2D eigenvalue weighted by atomic mass is 16.2. The molecule has 3 heterocycles. The molecule has 1 aliphatic rings. The maximum absolute atomic E-state index is 13.6. The van der Waals surface area contributed by atoms with E-state index in [9.17, 15) is 9.59 Å². The number of pyridine rings is 1. The molecule has 8 nitrogen and oxygen atoms in total. The molecule has 1 fully saturated rings. The Bertz CT molecular complexity index is 1340. The van der Waals surface area contributed by atoms with Gasteiger partial charge < -0.3 is 10.6 Å². The van der Waals surface area contributed by atoms with Gasteiger partial charge in [-0.3, -0.25) is 24.2 Å². The molecule has 1 aliphatic heterocycles. The summed E-state index contributed by atoms with van der Waals surface area (Å²) in [5.74, 6) is -0.297. The highest BCUT2D eigenvalue weighted by molar-refractivity contribution is 6.06. The molecular formula is C34H48N6O2. The minimum atomic E-state index is -0.232. The fourth-order valence-corrected chi connectivity index (χ4v) is 4.85. The largest absolute Gasteiger partial charge is 0.323 e. The van der Waals surface area contributed by atoms with Crippen LogP contribution in [0.15, 0.2) is 65.7 Å². The molecule has 2 N–H and O–H groups in total. The summed E-state index contributed by atoms with van der Waals surface area (Å²) in [6.45, 7) is 12.5. The number of anilines is 2. The number of nitrogens with zero attached hydrogens (tertiary/aromatic N) is 4. The zero-order valence-corrected chi connectivity index (χ0v) is 26.3. The van der Waals surface area contributed by atoms with Gasteiger partial charge in [0.15, 0.2) is 0 Å². The maximum atomic E-state index is 13.6. The zero-order valence-electron chi connectivity index (χ0n) is 26.3. The normalized spacial score (nSPS) is 14.7. The Hall–Kier alpha value is -3.78. The van der Waals surface area contributed by atoms with E-state index >= 15 is 0 Å². The van der Waals surface area contributed by atoms with Crippen LogP contribution in [-0.4, -0.2) is 51.1 Å². The van der Waals surface area contributed by atoms with Crippen LogP contribution >= 0.6 is 0 Å². The highest BCUT2D eigenvalue weighted by Crippen LogP contribution is 2.25. The van der Waals surface area contributed by atoms with Gasteiger partial charge in [-0.15, -0.1) is 0 Å². The molecule has 0 aromatic carbocycles. The summed E-state index contributed by atoms with van der Waals surface area (Å²) in [5, 5.41) is 10.4. The van der Waals surface area contributed by atoms with Crippen LogP contribution in [0.2, 0.25) is 0 Å².